The van der Waals surface area contributed by atoms with Crippen molar-refractivity contribution in [3.05, 3.63) is 51.5 Å². The van der Waals surface area contributed by atoms with Crippen molar-refractivity contribution in [3.63, 3.8) is 0 Å². The Balaban J connectivity index is 2.33. The van der Waals surface area contributed by atoms with Gasteiger partial charge < -0.3 is 14.8 Å². The van der Waals surface area contributed by atoms with Crippen LogP contribution in [0.5, 0.6) is 17.2 Å². The molecule has 1 N–H and O–H groups in total. The normalized spacial score (nSPS) is 10.1. The molecule has 0 spiro atoms. The predicted octanol–water partition coefficient (Wildman–Crippen LogP) is 5.16. The molecular weight excluding hydrogens is 337 g/mol. The Morgan fingerprint density at radius 2 is 1.57 bits per heavy atom. The van der Waals surface area contributed by atoms with Crippen LogP contribution in [0.15, 0.2) is 36.4 Å². The maximum absolute atomic E-state index is 11.3. The van der Waals surface area contributed by atoms with Crippen LogP contribution in [0.1, 0.15) is 0 Å². The van der Waals surface area contributed by atoms with Crippen molar-refractivity contribution in [3.8, 4) is 17.2 Å². The van der Waals surface area contributed by atoms with Gasteiger partial charge in [0.2, 0.25) is 0 Å². The third-order valence-electron chi connectivity index (χ3n) is 2.43. The summed E-state index contributed by atoms with van der Waals surface area (Å²) in [4.78, 5) is 11.3. The molecule has 2 rings (SSSR count). The summed E-state index contributed by atoms with van der Waals surface area (Å²) in [5, 5.41) is 3.45. The molecule has 7 heteroatoms. The van der Waals surface area contributed by atoms with Crippen molar-refractivity contribution in [1.82, 2.24) is 5.32 Å². The lowest BCUT2D eigenvalue weighted by atomic mass is 10.3. The van der Waals surface area contributed by atoms with Crippen LogP contribution >= 0.6 is 34.8 Å². The van der Waals surface area contributed by atoms with Crippen LogP contribution in [0.25, 0.3) is 0 Å². The molecule has 0 bridgehead atoms. The SMILES string of the molecule is CNC(=O)Oc1cc(Cl)c(Cl)cc1Oc1ccc(Cl)cc1. The molecule has 0 saturated carbocycles. The van der Waals surface area contributed by atoms with Gasteiger partial charge in [0.05, 0.1) is 10.0 Å². The summed E-state index contributed by atoms with van der Waals surface area (Å²) in [6.07, 6.45) is -0.644. The maximum atomic E-state index is 11.3. The predicted molar refractivity (Wildman–Crippen MR) is 83.1 cm³/mol. The van der Waals surface area contributed by atoms with E-state index in [1.807, 2.05) is 0 Å². The molecule has 110 valence electrons. The fourth-order valence-electron chi connectivity index (χ4n) is 1.45. The highest BCUT2D eigenvalue weighted by Crippen LogP contribution is 2.38. The average molecular weight is 347 g/mol. The van der Waals surface area contributed by atoms with E-state index >= 15 is 0 Å². The topological polar surface area (TPSA) is 47.6 Å². The second-order valence-electron chi connectivity index (χ2n) is 3.91. The van der Waals surface area contributed by atoms with Crippen molar-refractivity contribution in [2.24, 2.45) is 0 Å². The highest BCUT2D eigenvalue weighted by molar-refractivity contribution is 6.42. The van der Waals surface area contributed by atoms with Crippen LogP contribution in [0.2, 0.25) is 15.1 Å². The van der Waals surface area contributed by atoms with E-state index in [4.69, 9.17) is 44.3 Å². The Labute approximate surface area is 136 Å². The van der Waals surface area contributed by atoms with E-state index in [0.29, 0.717) is 10.8 Å². The van der Waals surface area contributed by atoms with E-state index in [9.17, 15) is 4.79 Å². The van der Waals surface area contributed by atoms with E-state index in [1.54, 1.807) is 24.3 Å². The third-order valence-corrected chi connectivity index (χ3v) is 3.41. The molecular formula is C14H10Cl3NO3. The fraction of sp³-hybridized carbons (Fsp3) is 0.0714. The van der Waals surface area contributed by atoms with Crippen LogP contribution in [-0.4, -0.2) is 13.1 Å². The first-order valence-corrected chi connectivity index (χ1v) is 6.95. The first-order valence-electron chi connectivity index (χ1n) is 5.81. The minimum Gasteiger partial charge on any atom is -0.453 e. The Morgan fingerprint density at radius 1 is 1.00 bits per heavy atom. The van der Waals surface area contributed by atoms with Crippen LogP contribution in [0, 0.1) is 0 Å². The summed E-state index contributed by atoms with van der Waals surface area (Å²) >= 11 is 17.7. The van der Waals surface area contributed by atoms with Gasteiger partial charge in [-0.3, -0.25) is 0 Å². The molecule has 21 heavy (non-hydrogen) atoms. The number of halogens is 3. The number of rotatable bonds is 3. The van der Waals surface area contributed by atoms with Crippen molar-refractivity contribution in [2.75, 3.05) is 7.05 Å². The average Bonchev–Trinajstić information content (AvgIpc) is 2.46. The van der Waals surface area contributed by atoms with Crippen molar-refractivity contribution < 1.29 is 14.3 Å². The van der Waals surface area contributed by atoms with Gasteiger partial charge in [-0.05, 0) is 24.3 Å². The number of hydrogen-bond donors (Lipinski definition) is 1. The molecule has 0 aliphatic rings. The van der Waals surface area contributed by atoms with Gasteiger partial charge >= 0.3 is 6.09 Å². The highest BCUT2D eigenvalue weighted by atomic mass is 35.5. The van der Waals surface area contributed by atoms with E-state index in [0.717, 1.165) is 0 Å². The van der Waals surface area contributed by atoms with Gasteiger partial charge in [0, 0.05) is 24.2 Å². The Bertz CT molecular complexity index is 659. The molecule has 4 nitrogen and oxygen atoms in total. The smallest absolute Gasteiger partial charge is 0.412 e. The second-order valence-corrected chi connectivity index (χ2v) is 5.16. The summed E-state index contributed by atoms with van der Waals surface area (Å²) in [5.74, 6) is 0.925. The summed E-state index contributed by atoms with van der Waals surface area (Å²) in [6, 6.07) is 9.57. The molecule has 0 aliphatic carbocycles. The van der Waals surface area contributed by atoms with Gasteiger partial charge in [0.1, 0.15) is 5.75 Å². The number of hydrogen-bond acceptors (Lipinski definition) is 3. The minimum absolute atomic E-state index is 0.152. The number of carbonyl (C=O) groups is 1. The second kappa shape index (κ2) is 6.89. The first kappa shape index (κ1) is 15.8. The van der Waals surface area contributed by atoms with Crippen LogP contribution in [0.3, 0.4) is 0 Å². The number of carbonyl (C=O) groups excluding carboxylic acids is 1. The third kappa shape index (κ3) is 4.17. The van der Waals surface area contributed by atoms with Crippen LogP contribution < -0.4 is 14.8 Å². The Morgan fingerprint density at radius 3 is 2.14 bits per heavy atom. The van der Waals surface area contributed by atoms with Crippen molar-refractivity contribution in [1.29, 1.82) is 0 Å². The van der Waals surface area contributed by atoms with Crippen molar-refractivity contribution in [2.45, 2.75) is 0 Å². The zero-order chi connectivity index (χ0) is 15.4. The largest absolute Gasteiger partial charge is 0.453 e. The van der Waals surface area contributed by atoms with Crippen molar-refractivity contribution >= 4 is 40.9 Å². The van der Waals surface area contributed by atoms with Gasteiger partial charge in [0.25, 0.3) is 0 Å². The van der Waals surface area contributed by atoms with E-state index in [1.165, 1.54) is 19.2 Å². The molecule has 0 aromatic heterocycles. The number of ether oxygens (including phenoxy) is 2. The number of amides is 1. The minimum atomic E-state index is -0.644. The zero-order valence-electron chi connectivity index (χ0n) is 10.8. The number of benzene rings is 2. The Kier molecular flexibility index (Phi) is 5.17. The lowest BCUT2D eigenvalue weighted by Crippen LogP contribution is -2.22. The molecule has 0 saturated heterocycles. The molecule has 0 heterocycles. The molecule has 0 fully saturated rings. The maximum Gasteiger partial charge on any atom is 0.412 e. The molecule has 0 aliphatic heterocycles. The fourth-order valence-corrected chi connectivity index (χ4v) is 1.88. The first-order chi connectivity index (χ1) is 9.99. The summed E-state index contributed by atoms with van der Waals surface area (Å²) in [7, 11) is 1.44. The zero-order valence-corrected chi connectivity index (χ0v) is 13.1. The van der Waals surface area contributed by atoms with Gasteiger partial charge in [-0.2, -0.15) is 0 Å². The van der Waals surface area contributed by atoms with Gasteiger partial charge in [-0.15, -0.1) is 0 Å². The number of nitrogens with one attached hydrogen (secondary N) is 1. The van der Waals surface area contributed by atoms with Crippen LogP contribution in [0.4, 0.5) is 4.79 Å². The summed E-state index contributed by atoms with van der Waals surface area (Å²) in [5.41, 5.74) is 0. The Hall–Kier alpha value is -1.62. The van der Waals surface area contributed by atoms with Crippen LogP contribution in [-0.2, 0) is 0 Å². The van der Waals surface area contributed by atoms with E-state index in [2.05, 4.69) is 5.32 Å². The lowest BCUT2D eigenvalue weighted by molar-refractivity contribution is 0.201. The lowest BCUT2D eigenvalue weighted by Gasteiger charge is -2.12. The molecule has 0 unspecified atom stereocenters. The van der Waals surface area contributed by atoms with Gasteiger partial charge in [-0.1, -0.05) is 34.8 Å². The van der Waals surface area contributed by atoms with Gasteiger partial charge in [0.15, 0.2) is 11.5 Å². The standard InChI is InChI=1S/C14H10Cl3NO3/c1-18-14(19)21-13-7-11(17)10(16)6-12(13)20-9-4-2-8(15)3-5-9/h2-7H,1H3,(H,18,19). The molecule has 1 amide bonds. The van der Waals surface area contributed by atoms with Gasteiger partial charge in [-0.25, -0.2) is 4.79 Å². The summed E-state index contributed by atoms with van der Waals surface area (Å²) in [6.45, 7) is 0. The highest BCUT2D eigenvalue weighted by Gasteiger charge is 2.14. The monoisotopic (exact) mass is 345 g/mol. The molecule has 2 aromatic carbocycles. The molecule has 2 aromatic rings. The van der Waals surface area contributed by atoms with E-state index < -0.39 is 6.09 Å². The molecule has 0 atom stereocenters. The van der Waals surface area contributed by atoms with E-state index in [-0.39, 0.29) is 21.5 Å². The summed E-state index contributed by atoms with van der Waals surface area (Å²) < 4.78 is 10.7. The quantitative estimate of drug-likeness (QED) is 0.835. The molecule has 0 radical (unpaired) electrons.